The second kappa shape index (κ2) is 9.14. The van der Waals surface area contributed by atoms with E-state index in [0.717, 1.165) is 40.4 Å². The van der Waals surface area contributed by atoms with Gasteiger partial charge in [0, 0.05) is 17.5 Å². The minimum atomic E-state index is 0.0127. The lowest BCUT2D eigenvalue weighted by Crippen LogP contribution is -2.38. The van der Waals surface area contributed by atoms with E-state index in [2.05, 4.69) is 66.5 Å². The zero-order valence-corrected chi connectivity index (χ0v) is 17.6. The predicted molar refractivity (Wildman–Crippen MR) is 123 cm³/mol. The van der Waals surface area contributed by atoms with Gasteiger partial charge in [0.2, 0.25) is 5.91 Å². The molecule has 1 aromatic heterocycles. The molecule has 4 nitrogen and oxygen atoms in total. The van der Waals surface area contributed by atoms with Crippen LogP contribution in [-0.4, -0.2) is 30.4 Å². The molecular formula is C26H28N2O2. The van der Waals surface area contributed by atoms with E-state index >= 15 is 0 Å². The Hall–Kier alpha value is -3.11. The number of benzene rings is 3. The van der Waals surface area contributed by atoms with Gasteiger partial charge in [-0.1, -0.05) is 74.5 Å². The van der Waals surface area contributed by atoms with E-state index in [1.165, 1.54) is 5.56 Å². The van der Waals surface area contributed by atoms with E-state index in [1.54, 1.807) is 6.26 Å². The molecule has 30 heavy (non-hydrogen) atoms. The van der Waals surface area contributed by atoms with Gasteiger partial charge in [0.25, 0.3) is 0 Å². The molecule has 0 spiro atoms. The normalized spacial score (nSPS) is 12.5. The lowest BCUT2D eigenvalue weighted by atomic mass is 10.0. The molecule has 0 unspecified atom stereocenters. The molecule has 1 atom stereocenters. The molecule has 0 aliphatic rings. The van der Waals surface area contributed by atoms with Crippen LogP contribution in [0.4, 0.5) is 0 Å². The van der Waals surface area contributed by atoms with Crippen molar-refractivity contribution < 1.29 is 9.21 Å². The lowest BCUT2D eigenvalue weighted by Gasteiger charge is -2.30. The van der Waals surface area contributed by atoms with E-state index in [4.69, 9.17) is 4.42 Å². The molecule has 4 aromatic rings. The summed E-state index contributed by atoms with van der Waals surface area (Å²) < 4.78 is 5.74. The third-order valence-corrected chi connectivity index (χ3v) is 5.82. The molecule has 0 saturated heterocycles. The Morgan fingerprint density at radius 1 is 0.967 bits per heavy atom. The molecule has 154 valence electrons. The second-order valence-corrected chi connectivity index (χ2v) is 7.55. The number of nitrogens with zero attached hydrogens (tertiary/aromatic N) is 1. The maximum absolute atomic E-state index is 12.9. The number of rotatable bonds is 8. The summed E-state index contributed by atoms with van der Waals surface area (Å²) >= 11 is 0. The minimum absolute atomic E-state index is 0.0127. The van der Waals surface area contributed by atoms with Crippen LogP contribution >= 0.6 is 0 Å². The van der Waals surface area contributed by atoms with Gasteiger partial charge >= 0.3 is 0 Å². The van der Waals surface area contributed by atoms with Crippen molar-refractivity contribution in [2.45, 2.75) is 26.3 Å². The van der Waals surface area contributed by atoms with Crippen molar-refractivity contribution in [1.82, 2.24) is 10.2 Å². The zero-order chi connectivity index (χ0) is 20.9. The van der Waals surface area contributed by atoms with Crippen molar-refractivity contribution >= 4 is 27.6 Å². The zero-order valence-electron chi connectivity index (χ0n) is 17.6. The van der Waals surface area contributed by atoms with Gasteiger partial charge in [-0.05, 0) is 35.5 Å². The molecule has 1 N–H and O–H groups in total. The van der Waals surface area contributed by atoms with Crippen molar-refractivity contribution in [3.05, 3.63) is 84.1 Å². The fraction of sp³-hybridized carbons (Fsp3) is 0.269. The molecule has 3 aromatic carbocycles. The third-order valence-electron chi connectivity index (χ3n) is 5.82. The summed E-state index contributed by atoms with van der Waals surface area (Å²) in [6.45, 7) is 6.77. The summed E-state index contributed by atoms with van der Waals surface area (Å²) in [4.78, 5) is 15.2. The van der Waals surface area contributed by atoms with Crippen LogP contribution in [0.1, 0.15) is 31.0 Å². The van der Waals surface area contributed by atoms with Crippen molar-refractivity contribution in [3.63, 3.8) is 0 Å². The van der Waals surface area contributed by atoms with Gasteiger partial charge in [0.15, 0.2) is 0 Å². The second-order valence-electron chi connectivity index (χ2n) is 7.55. The Balaban J connectivity index is 1.52. The molecule has 0 saturated carbocycles. The first kappa shape index (κ1) is 20.2. The summed E-state index contributed by atoms with van der Waals surface area (Å²) in [5.41, 5.74) is 2.97. The Labute approximate surface area is 177 Å². The number of fused-ring (bicyclic) bond motifs is 3. The molecule has 1 heterocycles. The Kier molecular flexibility index (Phi) is 6.15. The maximum Gasteiger partial charge on any atom is 0.224 e. The van der Waals surface area contributed by atoms with Crippen LogP contribution in [0.3, 0.4) is 0 Å². The van der Waals surface area contributed by atoms with Crippen molar-refractivity contribution in [1.29, 1.82) is 0 Å². The van der Waals surface area contributed by atoms with E-state index in [0.29, 0.717) is 13.0 Å². The van der Waals surface area contributed by atoms with Gasteiger partial charge in [-0.15, -0.1) is 0 Å². The number of furan rings is 1. The number of nitrogens with one attached hydrogen (secondary N) is 1. The van der Waals surface area contributed by atoms with Crippen LogP contribution < -0.4 is 5.32 Å². The van der Waals surface area contributed by atoms with Crippen LogP contribution in [0.25, 0.3) is 21.7 Å². The van der Waals surface area contributed by atoms with E-state index in [-0.39, 0.29) is 11.9 Å². The third kappa shape index (κ3) is 4.10. The first-order chi connectivity index (χ1) is 14.7. The van der Waals surface area contributed by atoms with Crippen LogP contribution in [-0.2, 0) is 11.2 Å². The molecule has 0 radical (unpaired) electrons. The molecule has 1 amide bonds. The number of likely N-dealkylation sites (N-methyl/N-ethyl adjacent to an activating group) is 1. The Morgan fingerprint density at radius 3 is 2.47 bits per heavy atom. The number of carbonyl (C=O) groups is 1. The monoisotopic (exact) mass is 400 g/mol. The number of amides is 1. The SMILES string of the molecule is CCN(CC)[C@H](CNC(=O)Cc1coc2ccc3ccccc3c12)c1ccccc1. The molecule has 0 aliphatic carbocycles. The van der Waals surface area contributed by atoms with Gasteiger partial charge in [-0.3, -0.25) is 9.69 Å². The predicted octanol–water partition coefficient (Wildman–Crippen LogP) is 5.33. The highest BCUT2D eigenvalue weighted by Crippen LogP contribution is 2.30. The van der Waals surface area contributed by atoms with Crippen molar-refractivity contribution in [3.8, 4) is 0 Å². The van der Waals surface area contributed by atoms with E-state index in [9.17, 15) is 4.79 Å². The first-order valence-electron chi connectivity index (χ1n) is 10.6. The fourth-order valence-corrected chi connectivity index (χ4v) is 4.25. The van der Waals surface area contributed by atoms with Crippen LogP contribution in [0.5, 0.6) is 0 Å². The van der Waals surface area contributed by atoms with Gasteiger partial charge < -0.3 is 9.73 Å². The number of hydrogen-bond acceptors (Lipinski definition) is 3. The highest BCUT2D eigenvalue weighted by atomic mass is 16.3. The Bertz CT molecular complexity index is 1130. The van der Waals surface area contributed by atoms with Gasteiger partial charge in [0.05, 0.1) is 18.7 Å². The average Bonchev–Trinajstić information content (AvgIpc) is 3.20. The highest BCUT2D eigenvalue weighted by molar-refractivity contribution is 6.08. The standard InChI is InChI=1S/C26H28N2O2/c1-3-28(4-2)23(20-11-6-5-7-12-20)17-27-25(29)16-21-18-30-24-15-14-19-10-8-9-13-22(19)26(21)24/h5-15,18,23H,3-4,16-17H2,1-2H3,(H,27,29)/t23-/m1/s1. The summed E-state index contributed by atoms with van der Waals surface area (Å²) in [5.74, 6) is 0.0127. The minimum Gasteiger partial charge on any atom is -0.464 e. The number of carbonyl (C=O) groups excluding carboxylic acids is 1. The first-order valence-corrected chi connectivity index (χ1v) is 10.6. The van der Waals surface area contributed by atoms with Crippen LogP contribution in [0.2, 0.25) is 0 Å². The van der Waals surface area contributed by atoms with Crippen molar-refractivity contribution in [2.75, 3.05) is 19.6 Å². The summed E-state index contributed by atoms with van der Waals surface area (Å²) in [7, 11) is 0. The smallest absolute Gasteiger partial charge is 0.224 e. The fourth-order valence-electron chi connectivity index (χ4n) is 4.25. The summed E-state index contributed by atoms with van der Waals surface area (Å²) in [6.07, 6.45) is 2.02. The average molecular weight is 401 g/mol. The highest BCUT2D eigenvalue weighted by Gasteiger charge is 2.19. The van der Waals surface area contributed by atoms with E-state index < -0.39 is 0 Å². The molecular weight excluding hydrogens is 372 g/mol. The van der Waals surface area contributed by atoms with E-state index in [1.807, 2.05) is 24.3 Å². The van der Waals surface area contributed by atoms with Crippen molar-refractivity contribution in [2.24, 2.45) is 0 Å². The lowest BCUT2D eigenvalue weighted by molar-refractivity contribution is -0.120. The van der Waals surface area contributed by atoms with Crippen LogP contribution in [0.15, 0.2) is 77.4 Å². The van der Waals surface area contributed by atoms with Gasteiger partial charge in [-0.25, -0.2) is 0 Å². The number of hydrogen-bond donors (Lipinski definition) is 1. The van der Waals surface area contributed by atoms with Gasteiger partial charge in [-0.2, -0.15) is 0 Å². The largest absolute Gasteiger partial charge is 0.464 e. The molecule has 4 heteroatoms. The maximum atomic E-state index is 12.9. The molecule has 0 fully saturated rings. The molecule has 0 aliphatic heterocycles. The molecule has 4 rings (SSSR count). The molecule has 0 bridgehead atoms. The topological polar surface area (TPSA) is 45.5 Å². The van der Waals surface area contributed by atoms with Crippen LogP contribution in [0, 0.1) is 0 Å². The van der Waals surface area contributed by atoms with Gasteiger partial charge in [0.1, 0.15) is 5.58 Å². The summed E-state index contributed by atoms with van der Waals surface area (Å²) in [5, 5.41) is 6.47. The summed E-state index contributed by atoms with van der Waals surface area (Å²) in [6, 6.07) is 22.8. The quantitative estimate of drug-likeness (QED) is 0.435. The Morgan fingerprint density at radius 2 is 1.70 bits per heavy atom.